The minimum atomic E-state index is -0.129. The first kappa shape index (κ1) is 26.4. The zero-order chi connectivity index (χ0) is 26.3. The van der Waals surface area contributed by atoms with E-state index in [9.17, 15) is 4.79 Å². The number of nitrogens with one attached hydrogen (secondary N) is 2. The van der Waals surface area contributed by atoms with Crippen LogP contribution in [0.1, 0.15) is 42.0 Å². The minimum Gasteiger partial charge on any atom is -0.321 e. The van der Waals surface area contributed by atoms with Gasteiger partial charge < -0.3 is 10.2 Å². The number of thiazole rings is 1. The number of hydrogen-bond acceptors (Lipinski definition) is 5. The number of amides is 2. The van der Waals surface area contributed by atoms with Crippen molar-refractivity contribution in [1.82, 2.24) is 20.2 Å². The topological polar surface area (TPSA) is 70.2 Å². The number of piperidine rings is 1. The average molecular weight is 546 g/mol. The molecule has 0 bridgehead atoms. The summed E-state index contributed by atoms with van der Waals surface area (Å²) >= 11 is 7.80. The Kier molecular flexibility index (Phi) is 8.68. The summed E-state index contributed by atoms with van der Waals surface area (Å²) in [5.74, 6) is 0.198. The number of pyridine rings is 1. The van der Waals surface area contributed by atoms with Crippen LogP contribution < -0.4 is 10.6 Å². The van der Waals surface area contributed by atoms with Crippen molar-refractivity contribution in [1.29, 1.82) is 0 Å². The molecule has 0 aliphatic carbocycles. The molecule has 1 saturated heterocycles. The molecule has 2 N–H and O–H groups in total. The summed E-state index contributed by atoms with van der Waals surface area (Å²) in [7, 11) is 0. The predicted molar refractivity (Wildman–Crippen MR) is 156 cm³/mol. The molecule has 1 aliphatic heterocycles. The Morgan fingerprint density at radius 3 is 2.32 bits per heavy atom. The van der Waals surface area contributed by atoms with Gasteiger partial charge in [0.1, 0.15) is 10.0 Å². The second-order valence-electron chi connectivity index (χ2n) is 9.60. The smallest absolute Gasteiger partial charge is 0.321 e. The molecule has 196 valence electrons. The number of benzene rings is 2. The van der Waals surface area contributed by atoms with Crippen molar-refractivity contribution < 1.29 is 4.79 Å². The van der Waals surface area contributed by atoms with Crippen molar-refractivity contribution in [2.24, 2.45) is 0 Å². The molecule has 3 heterocycles. The van der Waals surface area contributed by atoms with Crippen molar-refractivity contribution in [2.75, 3.05) is 25.0 Å². The number of anilines is 1. The van der Waals surface area contributed by atoms with Crippen LogP contribution in [0.5, 0.6) is 0 Å². The Bertz CT molecular complexity index is 1280. The predicted octanol–water partition coefficient (Wildman–Crippen LogP) is 6.98. The minimum absolute atomic E-state index is 0.129. The Morgan fingerprint density at radius 2 is 1.71 bits per heavy atom. The summed E-state index contributed by atoms with van der Waals surface area (Å²) in [6, 6.07) is 25.0. The molecule has 2 amide bonds. The number of halogens is 1. The highest BCUT2D eigenvalue weighted by Crippen LogP contribution is 2.35. The summed E-state index contributed by atoms with van der Waals surface area (Å²) in [6.45, 7) is 4.39. The molecule has 0 atom stereocenters. The molecule has 2 aromatic heterocycles. The molecule has 1 aliphatic rings. The third-order valence-corrected chi connectivity index (χ3v) is 8.23. The third kappa shape index (κ3) is 6.41. The molecule has 6 nitrogen and oxygen atoms in total. The van der Waals surface area contributed by atoms with Gasteiger partial charge in [-0.15, -0.1) is 0 Å². The molecular formula is C30H32ClN5OS. The summed E-state index contributed by atoms with van der Waals surface area (Å²) in [5, 5.41) is 6.97. The van der Waals surface area contributed by atoms with Crippen LogP contribution in [0.3, 0.4) is 0 Å². The van der Waals surface area contributed by atoms with Crippen LogP contribution in [0.4, 0.5) is 9.93 Å². The van der Waals surface area contributed by atoms with Gasteiger partial charge in [0, 0.05) is 36.0 Å². The first-order valence-corrected chi connectivity index (χ1v) is 14.3. The van der Waals surface area contributed by atoms with Crippen molar-refractivity contribution >= 4 is 34.1 Å². The number of nitrogens with zero attached hydrogens (tertiary/aromatic N) is 3. The van der Waals surface area contributed by atoms with Gasteiger partial charge >= 0.3 is 6.03 Å². The molecule has 0 saturated carbocycles. The largest absolute Gasteiger partial charge is 0.323 e. The van der Waals surface area contributed by atoms with E-state index < -0.39 is 0 Å². The fraction of sp³-hybridized carbons (Fsp3) is 0.300. The lowest BCUT2D eigenvalue weighted by Crippen LogP contribution is -2.48. The van der Waals surface area contributed by atoms with Crippen molar-refractivity contribution in [3.05, 3.63) is 100 Å². The van der Waals surface area contributed by atoms with Crippen molar-refractivity contribution in [3.8, 4) is 11.3 Å². The zero-order valence-electron chi connectivity index (χ0n) is 21.4. The summed E-state index contributed by atoms with van der Waals surface area (Å²) < 4.78 is 0.535. The molecule has 8 heteroatoms. The molecule has 0 spiro atoms. The Balaban J connectivity index is 1.36. The lowest BCUT2D eigenvalue weighted by atomic mass is 9.88. The van der Waals surface area contributed by atoms with E-state index >= 15 is 0 Å². The molecule has 38 heavy (non-hydrogen) atoms. The molecule has 1 fully saturated rings. The van der Waals surface area contributed by atoms with E-state index in [1.54, 1.807) is 6.20 Å². The number of carbonyl (C=O) groups excluding carboxylic acids is 1. The van der Waals surface area contributed by atoms with Crippen LogP contribution in [0.15, 0.2) is 79.0 Å². The highest BCUT2D eigenvalue weighted by atomic mass is 35.5. The van der Waals surface area contributed by atoms with E-state index in [2.05, 4.69) is 69.1 Å². The van der Waals surface area contributed by atoms with E-state index in [0.29, 0.717) is 21.7 Å². The van der Waals surface area contributed by atoms with E-state index in [4.69, 9.17) is 11.6 Å². The average Bonchev–Trinajstić information content (AvgIpc) is 3.32. The fourth-order valence-corrected chi connectivity index (χ4v) is 6.11. The number of aromatic nitrogens is 2. The van der Waals surface area contributed by atoms with Gasteiger partial charge in [0.15, 0.2) is 5.13 Å². The third-order valence-electron chi connectivity index (χ3n) is 7.06. The van der Waals surface area contributed by atoms with Gasteiger partial charge in [-0.1, -0.05) is 83.6 Å². The van der Waals surface area contributed by atoms with Crippen LogP contribution in [-0.4, -0.2) is 46.6 Å². The van der Waals surface area contributed by atoms with Gasteiger partial charge in [-0.3, -0.25) is 10.3 Å². The van der Waals surface area contributed by atoms with Crippen molar-refractivity contribution in [2.45, 2.75) is 38.1 Å². The highest BCUT2D eigenvalue weighted by molar-refractivity contribution is 7.20. The van der Waals surface area contributed by atoms with Crippen LogP contribution in [0.25, 0.3) is 11.3 Å². The first-order chi connectivity index (χ1) is 18.6. The van der Waals surface area contributed by atoms with Gasteiger partial charge in [-0.25, -0.2) is 9.78 Å². The van der Waals surface area contributed by atoms with Crippen LogP contribution in [0.2, 0.25) is 4.34 Å². The lowest BCUT2D eigenvalue weighted by molar-refractivity contribution is 0.169. The van der Waals surface area contributed by atoms with Crippen LogP contribution in [-0.2, 0) is 0 Å². The SMILES string of the molecule is Cc1ccc(-c2nc(NC(=O)N(CCC(c3ccccc3)c3ccccc3)C3CCNCC3)sc2Cl)cn1. The molecule has 2 aromatic carbocycles. The summed E-state index contributed by atoms with van der Waals surface area (Å²) in [5.41, 5.74) is 4.91. The molecule has 0 radical (unpaired) electrons. The number of rotatable bonds is 8. The molecular weight excluding hydrogens is 514 g/mol. The second kappa shape index (κ2) is 12.5. The van der Waals surface area contributed by atoms with Crippen molar-refractivity contribution in [3.63, 3.8) is 0 Å². The Hall–Kier alpha value is -3.26. The first-order valence-electron chi connectivity index (χ1n) is 13.1. The molecule has 0 unspecified atom stereocenters. The number of urea groups is 1. The van der Waals surface area contributed by atoms with Crippen LogP contribution >= 0.6 is 22.9 Å². The standard InChI is InChI=1S/C30H32ClN5OS/c1-21-12-13-24(20-33-21)27-28(31)38-29(34-27)35-30(37)36(25-14-17-32-18-15-25)19-16-26(22-8-4-2-5-9-22)23-10-6-3-7-11-23/h2-13,20,25-26,32H,14-19H2,1H3,(H,34,35,37). The number of hydrogen-bond donors (Lipinski definition) is 2. The quantitative estimate of drug-likeness (QED) is 0.251. The second-order valence-corrected chi connectivity index (χ2v) is 11.2. The monoisotopic (exact) mass is 545 g/mol. The normalized spacial score (nSPS) is 14.0. The Morgan fingerprint density at radius 1 is 1.05 bits per heavy atom. The van der Waals surface area contributed by atoms with Gasteiger partial charge in [0.2, 0.25) is 0 Å². The number of carbonyl (C=O) groups is 1. The van der Waals surface area contributed by atoms with E-state index in [0.717, 1.165) is 43.6 Å². The van der Waals surface area contributed by atoms with Crippen LogP contribution in [0, 0.1) is 6.92 Å². The van der Waals surface area contributed by atoms with E-state index in [-0.39, 0.29) is 18.0 Å². The maximum Gasteiger partial charge on any atom is 0.323 e. The highest BCUT2D eigenvalue weighted by Gasteiger charge is 2.28. The van der Waals surface area contributed by atoms with Gasteiger partial charge in [-0.2, -0.15) is 0 Å². The fourth-order valence-electron chi connectivity index (χ4n) is 5.04. The molecule has 4 aromatic rings. The number of aryl methyl sites for hydroxylation is 1. The Labute approximate surface area is 233 Å². The maximum absolute atomic E-state index is 13.7. The maximum atomic E-state index is 13.7. The summed E-state index contributed by atoms with van der Waals surface area (Å²) in [4.78, 5) is 24.7. The van der Waals surface area contributed by atoms with E-state index in [1.165, 1.54) is 22.5 Å². The van der Waals surface area contributed by atoms with Gasteiger partial charge in [-0.05, 0) is 62.5 Å². The van der Waals surface area contributed by atoms with Gasteiger partial charge in [0.25, 0.3) is 0 Å². The lowest BCUT2D eigenvalue weighted by Gasteiger charge is -2.35. The zero-order valence-corrected chi connectivity index (χ0v) is 23.0. The molecule has 5 rings (SSSR count). The summed E-state index contributed by atoms with van der Waals surface area (Å²) in [6.07, 6.45) is 4.43. The van der Waals surface area contributed by atoms with Gasteiger partial charge in [0.05, 0.1) is 0 Å². The van der Waals surface area contributed by atoms with E-state index in [1.807, 2.05) is 36.1 Å².